The van der Waals surface area contributed by atoms with Crippen molar-refractivity contribution in [3.63, 3.8) is 0 Å². The van der Waals surface area contributed by atoms with Gasteiger partial charge in [0.25, 0.3) is 0 Å². The van der Waals surface area contributed by atoms with Crippen LogP contribution < -0.4 is 10.2 Å². The van der Waals surface area contributed by atoms with Gasteiger partial charge in [-0.15, -0.1) is 0 Å². The molecule has 0 aliphatic carbocycles. The minimum absolute atomic E-state index is 0.147. The number of nitrogens with one attached hydrogen (secondary N) is 1. The maximum absolute atomic E-state index is 12.7. The topological polar surface area (TPSA) is 79.7 Å². The fraction of sp³-hybridized carbons (Fsp3) is 0.421. The number of hydrogen-bond acceptors (Lipinski definition) is 4. The SMILES string of the molecule is COCCN(Cc1cnn(C)c1)C(=O)Nc1ccc(N2CCCC2=O)cc1. The van der Waals surface area contributed by atoms with Crippen molar-refractivity contribution in [1.29, 1.82) is 0 Å². The smallest absolute Gasteiger partial charge is 0.322 e. The molecule has 1 aromatic heterocycles. The highest BCUT2D eigenvalue weighted by atomic mass is 16.5. The van der Waals surface area contributed by atoms with Crippen molar-refractivity contribution < 1.29 is 14.3 Å². The minimum Gasteiger partial charge on any atom is -0.383 e. The van der Waals surface area contributed by atoms with E-state index in [0.29, 0.717) is 31.8 Å². The zero-order chi connectivity index (χ0) is 19.2. The third-order valence-corrected chi connectivity index (χ3v) is 4.49. The Bertz CT molecular complexity index is 787. The van der Waals surface area contributed by atoms with Crippen LogP contribution in [0.25, 0.3) is 0 Å². The second-order valence-electron chi connectivity index (χ2n) is 6.56. The first-order valence-electron chi connectivity index (χ1n) is 8.99. The number of carbonyl (C=O) groups is 2. The van der Waals surface area contributed by atoms with Crippen LogP contribution in [0.1, 0.15) is 18.4 Å². The summed E-state index contributed by atoms with van der Waals surface area (Å²) in [4.78, 5) is 28.0. The van der Waals surface area contributed by atoms with Gasteiger partial charge in [-0.1, -0.05) is 0 Å². The first kappa shape index (κ1) is 18.9. The average Bonchev–Trinajstić information content (AvgIpc) is 3.27. The van der Waals surface area contributed by atoms with Gasteiger partial charge in [-0.25, -0.2) is 4.79 Å². The van der Waals surface area contributed by atoms with Crippen molar-refractivity contribution in [3.8, 4) is 0 Å². The quantitative estimate of drug-likeness (QED) is 0.809. The van der Waals surface area contributed by atoms with Crippen molar-refractivity contribution in [2.24, 2.45) is 7.05 Å². The first-order chi connectivity index (χ1) is 13.1. The molecule has 0 saturated carbocycles. The predicted molar refractivity (Wildman–Crippen MR) is 103 cm³/mol. The molecule has 1 aromatic carbocycles. The second-order valence-corrected chi connectivity index (χ2v) is 6.56. The van der Waals surface area contributed by atoms with Crippen molar-refractivity contribution in [2.75, 3.05) is 37.0 Å². The lowest BCUT2D eigenvalue weighted by Crippen LogP contribution is -2.36. The van der Waals surface area contributed by atoms with E-state index in [9.17, 15) is 9.59 Å². The molecule has 8 heteroatoms. The molecule has 0 bridgehead atoms. The van der Waals surface area contributed by atoms with Crippen LogP contribution in [0.4, 0.5) is 16.2 Å². The molecule has 3 amide bonds. The Morgan fingerprint density at radius 2 is 2.11 bits per heavy atom. The Kier molecular flexibility index (Phi) is 6.08. The number of aromatic nitrogens is 2. The van der Waals surface area contributed by atoms with Gasteiger partial charge in [-0.2, -0.15) is 5.10 Å². The van der Waals surface area contributed by atoms with Gasteiger partial charge in [0.05, 0.1) is 19.3 Å². The van der Waals surface area contributed by atoms with Crippen LogP contribution in [-0.4, -0.2) is 53.4 Å². The molecule has 0 atom stereocenters. The van der Waals surface area contributed by atoms with Crippen LogP contribution in [-0.2, 0) is 23.1 Å². The Labute approximate surface area is 158 Å². The monoisotopic (exact) mass is 371 g/mol. The van der Waals surface area contributed by atoms with E-state index in [1.54, 1.807) is 27.8 Å². The molecule has 1 fully saturated rings. The Morgan fingerprint density at radius 1 is 1.33 bits per heavy atom. The third kappa shape index (κ3) is 4.85. The zero-order valence-corrected chi connectivity index (χ0v) is 15.7. The van der Waals surface area contributed by atoms with E-state index in [1.165, 1.54) is 0 Å². The summed E-state index contributed by atoms with van der Waals surface area (Å²) in [5, 5.41) is 7.05. The molecule has 1 N–H and O–H groups in total. The number of benzene rings is 1. The normalized spacial score (nSPS) is 13.9. The van der Waals surface area contributed by atoms with E-state index in [2.05, 4.69) is 10.4 Å². The summed E-state index contributed by atoms with van der Waals surface area (Å²) in [6.07, 6.45) is 5.12. The van der Waals surface area contributed by atoms with Gasteiger partial charge < -0.3 is 19.9 Å². The minimum atomic E-state index is -0.207. The third-order valence-electron chi connectivity index (χ3n) is 4.49. The van der Waals surface area contributed by atoms with E-state index in [4.69, 9.17) is 4.74 Å². The lowest BCUT2D eigenvalue weighted by molar-refractivity contribution is -0.117. The van der Waals surface area contributed by atoms with E-state index in [-0.39, 0.29) is 11.9 Å². The maximum atomic E-state index is 12.7. The number of anilines is 2. The Hall–Kier alpha value is -2.87. The maximum Gasteiger partial charge on any atom is 0.322 e. The summed E-state index contributed by atoms with van der Waals surface area (Å²) in [5.41, 5.74) is 2.50. The highest BCUT2D eigenvalue weighted by molar-refractivity contribution is 5.96. The highest BCUT2D eigenvalue weighted by Gasteiger charge is 2.21. The molecule has 1 saturated heterocycles. The molecular formula is C19H25N5O3. The van der Waals surface area contributed by atoms with Gasteiger partial charge in [0.15, 0.2) is 0 Å². The summed E-state index contributed by atoms with van der Waals surface area (Å²) in [6, 6.07) is 7.15. The molecule has 3 rings (SSSR count). The largest absolute Gasteiger partial charge is 0.383 e. The van der Waals surface area contributed by atoms with Crippen LogP contribution in [0.5, 0.6) is 0 Å². The molecule has 0 radical (unpaired) electrons. The Morgan fingerprint density at radius 3 is 2.70 bits per heavy atom. The summed E-state index contributed by atoms with van der Waals surface area (Å²) in [7, 11) is 3.45. The van der Waals surface area contributed by atoms with Crippen molar-refractivity contribution >= 4 is 23.3 Å². The van der Waals surface area contributed by atoms with Gasteiger partial charge in [0.2, 0.25) is 5.91 Å². The van der Waals surface area contributed by atoms with Crippen molar-refractivity contribution in [1.82, 2.24) is 14.7 Å². The molecule has 8 nitrogen and oxygen atoms in total. The average molecular weight is 371 g/mol. The number of urea groups is 1. The second kappa shape index (κ2) is 8.68. The number of methoxy groups -OCH3 is 1. The van der Waals surface area contributed by atoms with Crippen LogP contribution in [0.15, 0.2) is 36.7 Å². The van der Waals surface area contributed by atoms with Crippen molar-refractivity contribution in [2.45, 2.75) is 19.4 Å². The summed E-state index contributed by atoms with van der Waals surface area (Å²) in [5.74, 6) is 0.147. The first-order valence-corrected chi connectivity index (χ1v) is 8.99. The molecule has 27 heavy (non-hydrogen) atoms. The van der Waals surface area contributed by atoms with E-state index >= 15 is 0 Å². The van der Waals surface area contributed by atoms with Crippen molar-refractivity contribution in [3.05, 3.63) is 42.2 Å². The Balaban J connectivity index is 1.64. The molecular weight excluding hydrogens is 346 g/mol. The fourth-order valence-corrected chi connectivity index (χ4v) is 3.08. The number of amides is 3. The summed E-state index contributed by atoms with van der Waals surface area (Å²) < 4.78 is 6.83. The molecule has 144 valence electrons. The van der Waals surface area contributed by atoms with Gasteiger partial charge in [-0.05, 0) is 30.7 Å². The molecule has 2 heterocycles. The fourth-order valence-electron chi connectivity index (χ4n) is 3.08. The van der Waals surface area contributed by atoms with E-state index in [0.717, 1.165) is 24.2 Å². The number of aryl methyl sites for hydroxylation is 1. The van der Waals surface area contributed by atoms with Crippen LogP contribution in [0.3, 0.4) is 0 Å². The number of ether oxygens (including phenoxy) is 1. The van der Waals surface area contributed by atoms with E-state index < -0.39 is 0 Å². The molecule has 1 aliphatic rings. The summed E-state index contributed by atoms with van der Waals surface area (Å²) >= 11 is 0. The molecule has 0 spiro atoms. The van der Waals surface area contributed by atoms with Gasteiger partial charge >= 0.3 is 6.03 Å². The molecule has 1 aliphatic heterocycles. The number of hydrogen-bond donors (Lipinski definition) is 1. The lowest BCUT2D eigenvalue weighted by Gasteiger charge is -2.22. The van der Waals surface area contributed by atoms with Crippen LogP contribution in [0, 0.1) is 0 Å². The predicted octanol–water partition coefficient (Wildman–Crippen LogP) is 2.23. The summed E-state index contributed by atoms with van der Waals surface area (Å²) in [6.45, 7) is 2.12. The van der Waals surface area contributed by atoms with Crippen LogP contribution >= 0.6 is 0 Å². The zero-order valence-electron chi connectivity index (χ0n) is 15.7. The van der Waals surface area contributed by atoms with Gasteiger partial charge in [0.1, 0.15) is 0 Å². The number of rotatable bonds is 7. The number of carbonyl (C=O) groups excluding carboxylic acids is 2. The number of nitrogens with zero attached hydrogens (tertiary/aromatic N) is 4. The lowest BCUT2D eigenvalue weighted by atomic mass is 10.2. The van der Waals surface area contributed by atoms with E-state index in [1.807, 2.05) is 37.5 Å². The van der Waals surface area contributed by atoms with Crippen LogP contribution in [0.2, 0.25) is 0 Å². The van der Waals surface area contributed by atoms with Gasteiger partial charge in [0, 0.05) is 56.8 Å². The standard InChI is InChI=1S/C19H25N5O3/c1-22-13-15(12-20-22)14-23(10-11-27-2)19(26)21-16-5-7-17(8-6-16)24-9-3-4-18(24)25/h5-8,12-13H,3-4,9-11,14H2,1-2H3,(H,21,26). The molecule has 0 unspecified atom stereocenters. The molecule has 2 aromatic rings. The highest BCUT2D eigenvalue weighted by Crippen LogP contribution is 2.23. The van der Waals surface area contributed by atoms with Gasteiger partial charge in [-0.3, -0.25) is 9.48 Å².